The van der Waals surface area contributed by atoms with Crippen molar-refractivity contribution in [2.45, 2.75) is 26.2 Å². The van der Waals surface area contributed by atoms with Crippen LogP contribution in [0.25, 0.3) is 0 Å². The third-order valence-electron chi connectivity index (χ3n) is 2.86. The van der Waals surface area contributed by atoms with Crippen molar-refractivity contribution >= 4 is 5.71 Å². The first-order valence-corrected chi connectivity index (χ1v) is 6.95. The van der Waals surface area contributed by atoms with Gasteiger partial charge >= 0.3 is 0 Å². The molecule has 0 saturated carbocycles. The fourth-order valence-corrected chi connectivity index (χ4v) is 1.80. The highest BCUT2D eigenvalue weighted by Gasteiger charge is 2.09. The van der Waals surface area contributed by atoms with Crippen molar-refractivity contribution in [2.75, 3.05) is 6.61 Å². The standard InChI is InChI=1S/C16H19N3O/c1-2-3-7-13-20-19-16(14-9-5-4-6-10-14)15-11-8-12-17-18-15/h4-6,8-12H,2-3,7,13H2,1H3/b19-16+. The first kappa shape index (κ1) is 14.2. The molecule has 20 heavy (non-hydrogen) atoms. The number of hydrogen-bond donors (Lipinski definition) is 0. The average molecular weight is 269 g/mol. The second kappa shape index (κ2) is 8.04. The van der Waals surface area contributed by atoms with Crippen LogP contribution < -0.4 is 0 Å². The summed E-state index contributed by atoms with van der Waals surface area (Å²) < 4.78 is 0. The van der Waals surface area contributed by atoms with Crippen molar-refractivity contribution in [2.24, 2.45) is 5.16 Å². The van der Waals surface area contributed by atoms with Crippen LogP contribution in [0.3, 0.4) is 0 Å². The highest BCUT2D eigenvalue weighted by molar-refractivity contribution is 6.11. The van der Waals surface area contributed by atoms with Gasteiger partial charge < -0.3 is 4.84 Å². The molecule has 0 aliphatic carbocycles. The maximum absolute atomic E-state index is 5.43. The van der Waals surface area contributed by atoms with Gasteiger partial charge in [0, 0.05) is 11.8 Å². The van der Waals surface area contributed by atoms with Gasteiger partial charge in [0.2, 0.25) is 0 Å². The van der Waals surface area contributed by atoms with E-state index in [9.17, 15) is 0 Å². The van der Waals surface area contributed by atoms with Gasteiger partial charge in [0.25, 0.3) is 0 Å². The zero-order valence-corrected chi connectivity index (χ0v) is 11.7. The molecule has 0 bridgehead atoms. The van der Waals surface area contributed by atoms with E-state index in [1.165, 1.54) is 6.42 Å². The minimum Gasteiger partial charge on any atom is -0.395 e. The van der Waals surface area contributed by atoms with Crippen LogP contribution in [0.5, 0.6) is 0 Å². The Hall–Kier alpha value is -2.23. The van der Waals surface area contributed by atoms with Crippen LogP contribution in [0, 0.1) is 0 Å². The highest BCUT2D eigenvalue weighted by Crippen LogP contribution is 2.08. The summed E-state index contributed by atoms with van der Waals surface area (Å²) >= 11 is 0. The lowest BCUT2D eigenvalue weighted by atomic mass is 10.1. The van der Waals surface area contributed by atoms with Gasteiger partial charge in [-0.2, -0.15) is 5.10 Å². The molecule has 0 spiro atoms. The first-order chi connectivity index (χ1) is 9.92. The van der Waals surface area contributed by atoms with Crippen molar-refractivity contribution in [1.82, 2.24) is 10.2 Å². The molecule has 0 saturated heterocycles. The van der Waals surface area contributed by atoms with E-state index in [1.807, 2.05) is 42.5 Å². The molecule has 0 radical (unpaired) electrons. The van der Waals surface area contributed by atoms with Crippen LogP contribution in [-0.2, 0) is 4.84 Å². The molecule has 0 amide bonds. The van der Waals surface area contributed by atoms with E-state index in [0.29, 0.717) is 12.3 Å². The van der Waals surface area contributed by atoms with Crippen LogP contribution in [0.15, 0.2) is 53.8 Å². The second-order valence-electron chi connectivity index (χ2n) is 4.46. The first-order valence-electron chi connectivity index (χ1n) is 6.95. The number of unbranched alkanes of at least 4 members (excludes halogenated alkanes) is 2. The molecule has 4 nitrogen and oxygen atoms in total. The Bertz CT molecular complexity index is 484. The van der Waals surface area contributed by atoms with Gasteiger partial charge in [-0.1, -0.05) is 55.3 Å². The molecule has 1 heterocycles. The second-order valence-corrected chi connectivity index (χ2v) is 4.46. The number of rotatable bonds is 7. The molecule has 0 atom stereocenters. The molecule has 1 aromatic heterocycles. The van der Waals surface area contributed by atoms with Crippen LogP contribution in [0.4, 0.5) is 0 Å². The SMILES string of the molecule is CCCCCO/N=C(\c1ccccc1)c1cccnn1. The number of benzene rings is 1. The summed E-state index contributed by atoms with van der Waals surface area (Å²) in [6.45, 7) is 2.79. The highest BCUT2D eigenvalue weighted by atomic mass is 16.6. The van der Waals surface area contributed by atoms with Crippen molar-refractivity contribution in [3.05, 3.63) is 59.9 Å². The summed E-state index contributed by atoms with van der Waals surface area (Å²) in [4.78, 5) is 5.43. The number of hydrogen-bond acceptors (Lipinski definition) is 4. The van der Waals surface area contributed by atoms with Crippen LogP contribution in [0.1, 0.15) is 37.4 Å². The van der Waals surface area contributed by atoms with Gasteiger partial charge in [0.1, 0.15) is 18.0 Å². The van der Waals surface area contributed by atoms with Gasteiger partial charge in [-0.3, -0.25) is 0 Å². The number of aromatic nitrogens is 2. The maximum atomic E-state index is 5.43. The quantitative estimate of drug-likeness (QED) is 0.439. The lowest BCUT2D eigenvalue weighted by Gasteiger charge is -2.05. The molecule has 4 heteroatoms. The molecule has 0 unspecified atom stereocenters. The lowest BCUT2D eigenvalue weighted by molar-refractivity contribution is 0.140. The topological polar surface area (TPSA) is 47.4 Å². The monoisotopic (exact) mass is 269 g/mol. The minimum absolute atomic E-state index is 0.629. The van der Waals surface area contributed by atoms with Crippen molar-refractivity contribution in [3.8, 4) is 0 Å². The molecule has 0 aliphatic heterocycles. The zero-order chi connectivity index (χ0) is 14.0. The summed E-state index contributed by atoms with van der Waals surface area (Å²) in [6, 6.07) is 13.6. The van der Waals surface area contributed by atoms with E-state index in [1.54, 1.807) is 6.20 Å². The lowest BCUT2D eigenvalue weighted by Crippen LogP contribution is -2.07. The van der Waals surface area contributed by atoms with E-state index in [2.05, 4.69) is 22.3 Å². The molecular formula is C16H19N3O. The molecular weight excluding hydrogens is 250 g/mol. The predicted molar refractivity (Wildman–Crippen MR) is 79.6 cm³/mol. The Balaban J connectivity index is 2.15. The summed E-state index contributed by atoms with van der Waals surface area (Å²) in [7, 11) is 0. The average Bonchev–Trinajstić information content (AvgIpc) is 2.53. The molecule has 0 fully saturated rings. The van der Waals surface area contributed by atoms with E-state index in [0.717, 1.165) is 24.1 Å². The Morgan fingerprint density at radius 3 is 2.65 bits per heavy atom. The Kier molecular flexibility index (Phi) is 5.71. The van der Waals surface area contributed by atoms with Crippen LogP contribution >= 0.6 is 0 Å². The minimum atomic E-state index is 0.629. The summed E-state index contributed by atoms with van der Waals surface area (Å²) in [5.74, 6) is 0. The summed E-state index contributed by atoms with van der Waals surface area (Å²) in [6.07, 6.45) is 4.99. The van der Waals surface area contributed by atoms with Crippen LogP contribution in [-0.4, -0.2) is 22.5 Å². The van der Waals surface area contributed by atoms with Gasteiger partial charge in [-0.15, -0.1) is 5.10 Å². The Morgan fingerprint density at radius 2 is 1.95 bits per heavy atom. The maximum Gasteiger partial charge on any atom is 0.137 e. The molecule has 2 aromatic rings. The smallest absolute Gasteiger partial charge is 0.137 e. The molecule has 0 aliphatic rings. The molecule has 1 aromatic carbocycles. The van der Waals surface area contributed by atoms with Crippen molar-refractivity contribution in [3.63, 3.8) is 0 Å². The third kappa shape index (κ3) is 4.16. The van der Waals surface area contributed by atoms with Gasteiger partial charge in [0.15, 0.2) is 0 Å². The Labute approximate surface area is 119 Å². The van der Waals surface area contributed by atoms with Crippen molar-refractivity contribution in [1.29, 1.82) is 0 Å². The number of oxime groups is 1. The molecule has 104 valence electrons. The summed E-state index contributed by atoms with van der Waals surface area (Å²) in [5, 5.41) is 12.3. The largest absolute Gasteiger partial charge is 0.395 e. The third-order valence-corrected chi connectivity index (χ3v) is 2.86. The van der Waals surface area contributed by atoms with Gasteiger partial charge in [-0.25, -0.2) is 0 Å². The van der Waals surface area contributed by atoms with Crippen molar-refractivity contribution < 1.29 is 4.84 Å². The summed E-state index contributed by atoms with van der Waals surface area (Å²) in [5.41, 5.74) is 2.41. The van der Waals surface area contributed by atoms with E-state index < -0.39 is 0 Å². The Morgan fingerprint density at radius 1 is 1.10 bits per heavy atom. The van der Waals surface area contributed by atoms with Gasteiger partial charge in [0.05, 0.1) is 0 Å². The molecule has 0 N–H and O–H groups in total. The van der Waals surface area contributed by atoms with E-state index in [-0.39, 0.29) is 0 Å². The van der Waals surface area contributed by atoms with Gasteiger partial charge in [-0.05, 0) is 18.6 Å². The fourth-order valence-electron chi connectivity index (χ4n) is 1.80. The number of nitrogens with zero attached hydrogens (tertiary/aromatic N) is 3. The fraction of sp³-hybridized carbons (Fsp3) is 0.312. The van der Waals surface area contributed by atoms with E-state index in [4.69, 9.17) is 4.84 Å². The predicted octanol–water partition coefficient (Wildman–Crippen LogP) is 3.44. The van der Waals surface area contributed by atoms with E-state index >= 15 is 0 Å². The molecule has 2 rings (SSSR count). The zero-order valence-electron chi connectivity index (χ0n) is 11.7. The van der Waals surface area contributed by atoms with Crippen LogP contribution in [0.2, 0.25) is 0 Å². The normalized spacial score (nSPS) is 11.3.